The molecule has 2 heterocycles. The molecule has 0 amide bonds. The summed E-state index contributed by atoms with van der Waals surface area (Å²) in [5.41, 5.74) is 1.96. The van der Waals surface area contributed by atoms with Crippen molar-refractivity contribution in [3.63, 3.8) is 0 Å². The zero-order valence-corrected chi connectivity index (χ0v) is 11.4. The van der Waals surface area contributed by atoms with Crippen molar-refractivity contribution in [2.45, 2.75) is 18.8 Å². The summed E-state index contributed by atoms with van der Waals surface area (Å²) in [7, 11) is 0. The van der Waals surface area contributed by atoms with Gasteiger partial charge in [0.15, 0.2) is 0 Å². The fourth-order valence-corrected chi connectivity index (χ4v) is 2.38. The number of aromatic nitrogens is 4. The first-order valence-electron chi connectivity index (χ1n) is 6.52. The maximum absolute atomic E-state index is 6.06. The molecule has 4 rings (SSSR count). The number of hydrogen-bond acceptors (Lipinski definition) is 4. The van der Waals surface area contributed by atoms with Crippen LogP contribution in [0.2, 0.25) is 5.15 Å². The van der Waals surface area contributed by atoms with Crippen molar-refractivity contribution in [3.05, 3.63) is 41.4 Å². The van der Waals surface area contributed by atoms with Crippen molar-refractivity contribution in [2.24, 2.45) is 0 Å². The Morgan fingerprint density at radius 2 is 2.10 bits per heavy atom. The van der Waals surface area contributed by atoms with Crippen molar-refractivity contribution in [1.82, 2.24) is 20.2 Å². The molecule has 2 N–H and O–H groups in total. The first-order chi connectivity index (χ1) is 9.78. The highest BCUT2D eigenvalue weighted by Crippen LogP contribution is 2.39. The number of halogens is 1. The number of nitrogens with one attached hydrogen (secondary N) is 2. The second-order valence-electron chi connectivity index (χ2n) is 5.01. The van der Waals surface area contributed by atoms with Crippen LogP contribution in [0, 0.1) is 0 Å². The zero-order valence-electron chi connectivity index (χ0n) is 10.6. The highest BCUT2D eigenvalue weighted by molar-refractivity contribution is 6.29. The van der Waals surface area contributed by atoms with Crippen LogP contribution in [-0.4, -0.2) is 20.2 Å². The lowest BCUT2D eigenvalue weighted by Crippen LogP contribution is -1.99. The molecule has 0 spiro atoms. The van der Waals surface area contributed by atoms with Crippen LogP contribution >= 0.6 is 11.6 Å². The van der Waals surface area contributed by atoms with E-state index in [1.54, 1.807) is 12.3 Å². The zero-order chi connectivity index (χ0) is 13.5. The van der Waals surface area contributed by atoms with Crippen LogP contribution in [0.25, 0.3) is 10.9 Å². The molecular formula is C14H12ClN5. The molecule has 0 atom stereocenters. The monoisotopic (exact) mass is 285 g/mol. The second-order valence-corrected chi connectivity index (χ2v) is 5.39. The summed E-state index contributed by atoms with van der Waals surface area (Å²) < 4.78 is 0. The molecule has 5 nitrogen and oxygen atoms in total. The Morgan fingerprint density at radius 3 is 2.95 bits per heavy atom. The average Bonchev–Trinajstić information content (AvgIpc) is 3.17. The summed E-state index contributed by atoms with van der Waals surface area (Å²) in [5, 5.41) is 11.7. The van der Waals surface area contributed by atoms with E-state index in [-0.39, 0.29) is 0 Å². The number of benzene rings is 1. The highest BCUT2D eigenvalue weighted by atomic mass is 35.5. The Kier molecular flexibility index (Phi) is 2.60. The van der Waals surface area contributed by atoms with Crippen molar-refractivity contribution in [3.8, 4) is 0 Å². The van der Waals surface area contributed by atoms with Crippen LogP contribution < -0.4 is 5.32 Å². The molecule has 0 bridgehead atoms. The Bertz CT molecular complexity index is 778. The van der Waals surface area contributed by atoms with E-state index in [2.05, 4.69) is 25.5 Å². The van der Waals surface area contributed by atoms with Gasteiger partial charge in [0.2, 0.25) is 0 Å². The van der Waals surface area contributed by atoms with E-state index in [0.29, 0.717) is 11.1 Å². The van der Waals surface area contributed by atoms with E-state index >= 15 is 0 Å². The molecule has 100 valence electrons. The molecule has 3 aromatic rings. The fourth-order valence-electron chi connectivity index (χ4n) is 2.19. The summed E-state index contributed by atoms with van der Waals surface area (Å²) in [6, 6.07) is 7.72. The molecule has 1 fully saturated rings. The summed E-state index contributed by atoms with van der Waals surface area (Å²) >= 11 is 6.06. The third-order valence-corrected chi connectivity index (χ3v) is 3.56. The number of nitrogens with zero attached hydrogens (tertiary/aromatic N) is 3. The summed E-state index contributed by atoms with van der Waals surface area (Å²) in [6.45, 7) is 0. The topological polar surface area (TPSA) is 66.5 Å². The normalized spacial score (nSPS) is 14.7. The maximum Gasteiger partial charge on any atom is 0.135 e. The van der Waals surface area contributed by atoms with Crippen molar-refractivity contribution in [1.29, 1.82) is 0 Å². The predicted molar refractivity (Wildman–Crippen MR) is 78.4 cm³/mol. The largest absolute Gasteiger partial charge is 0.340 e. The van der Waals surface area contributed by atoms with E-state index in [9.17, 15) is 0 Å². The lowest BCUT2D eigenvalue weighted by atomic mass is 10.2. The molecule has 20 heavy (non-hydrogen) atoms. The first kappa shape index (κ1) is 11.7. The molecule has 0 aliphatic heterocycles. The van der Waals surface area contributed by atoms with Crippen LogP contribution in [0.15, 0.2) is 30.5 Å². The standard InChI is InChI=1S/C14H12ClN5/c15-12-6-13(19-14(18-12)8-1-2-8)17-10-3-4-11-9(5-10)7-16-20-11/h3-8H,1-2H2,(H,16,20)(H,17,18,19). The van der Waals surface area contributed by atoms with Gasteiger partial charge in [-0.1, -0.05) is 11.6 Å². The Morgan fingerprint density at radius 1 is 1.20 bits per heavy atom. The molecule has 1 aromatic carbocycles. The molecule has 0 saturated heterocycles. The van der Waals surface area contributed by atoms with Crippen molar-refractivity contribution < 1.29 is 0 Å². The van der Waals surface area contributed by atoms with Gasteiger partial charge in [-0.2, -0.15) is 5.10 Å². The van der Waals surface area contributed by atoms with Gasteiger partial charge in [0.25, 0.3) is 0 Å². The summed E-state index contributed by atoms with van der Waals surface area (Å²) in [6.07, 6.45) is 4.10. The summed E-state index contributed by atoms with van der Waals surface area (Å²) in [5.74, 6) is 2.05. The number of fused-ring (bicyclic) bond motifs is 1. The van der Waals surface area contributed by atoms with Crippen LogP contribution in [0.4, 0.5) is 11.5 Å². The van der Waals surface area contributed by atoms with Gasteiger partial charge >= 0.3 is 0 Å². The third-order valence-electron chi connectivity index (χ3n) is 3.37. The van der Waals surface area contributed by atoms with E-state index < -0.39 is 0 Å². The molecule has 1 aliphatic carbocycles. The number of hydrogen-bond donors (Lipinski definition) is 2. The Hall–Kier alpha value is -2.14. The van der Waals surface area contributed by atoms with Gasteiger partial charge in [-0.15, -0.1) is 0 Å². The van der Waals surface area contributed by atoms with Crippen molar-refractivity contribution in [2.75, 3.05) is 5.32 Å². The molecule has 1 saturated carbocycles. The third kappa shape index (κ3) is 2.20. The Labute approximate surface area is 120 Å². The first-order valence-corrected chi connectivity index (χ1v) is 6.90. The number of H-pyrrole nitrogens is 1. The van der Waals surface area contributed by atoms with E-state index in [4.69, 9.17) is 11.6 Å². The van der Waals surface area contributed by atoms with Crippen LogP contribution in [0.5, 0.6) is 0 Å². The van der Waals surface area contributed by atoms with Crippen LogP contribution in [0.1, 0.15) is 24.6 Å². The van der Waals surface area contributed by atoms with E-state index in [1.165, 1.54) is 0 Å². The van der Waals surface area contributed by atoms with E-state index in [0.717, 1.165) is 41.1 Å². The molecule has 1 aliphatic rings. The number of aromatic amines is 1. The second kappa shape index (κ2) is 4.45. The van der Waals surface area contributed by atoms with Crippen LogP contribution in [0.3, 0.4) is 0 Å². The molecule has 2 aromatic heterocycles. The minimum atomic E-state index is 0.477. The quantitative estimate of drug-likeness (QED) is 0.721. The minimum absolute atomic E-state index is 0.477. The Balaban J connectivity index is 1.67. The number of rotatable bonds is 3. The molecule has 0 radical (unpaired) electrons. The molecular weight excluding hydrogens is 274 g/mol. The van der Waals surface area contributed by atoms with Gasteiger partial charge in [0.05, 0.1) is 11.7 Å². The van der Waals surface area contributed by atoms with E-state index in [1.807, 2.05) is 18.2 Å². The fraction of sp³-hybridized carbons (Fsp3) is 0.214. The summed E-state index contributed by atoms with van der Waals surface area (Å²) in [4.78, 5) is 8.81. The van der Waals surface area contributed by atoms with Gasteiger partial charge in [-0.25, -0.2) is 9.97 Å². The van der Waals surface area contributed by atoms with Gasteiger partial charge in [0, 0.05) is 23.1 Å². The molecule has 0 unspecified atom stereocenters. The van der Waals surface area contributed by atoms with Gasteiger partial charge in [-0.05, 0) is 31.0 Å². The maximum atomic E-state index is 6.06. The predicted octanol–water partition coefficient (Wildman–Crippen LogP) is 3.63. The number of anilines is 2. The lowest BCUT2D eigenvalue weighted by Gasteiger charge is -2.07. The van der Waals surface area contributed by atoms with Gasteiger partial charge in [0.1, 0.15) is 16.8 Å². The minimum Gasteiger partial charge on any atom is -0.340 e. The smallest absolute Gasteiger partial charge is 0.135 e. The van der Waals surface area contributed by atoms with Gasteiger partial charge < -0.3 is 5.32 Å². The lowest BCUT2D eigenvalue weighted by molar-refractivity contribution is 0.931. The highest BCUT2D eigenvalue weighted by Gasteiger charge is 2.27. The SMILES string of the molecule is Clc1cc(Nc2ccc3[nH]ncc3c2)nc(C2CC2)n1. The van der Waals surface area contributed by atoms with Crippen LogP contribution in [-0.2, 0) is 0 Å². The van der Waals surface area contributed by atoms with Crippen molar-refractivity contribution >= 4 is 34.0 Å². The molecule has 6 heteroatoms. The van der Waals surface area contributed by atoms with Gasteiger partial charge in [-0.3, -0.25) is 5.10 Å². The average molecular weight is 286 g/mol.